The number of fused-ring (bicyclic) bond motifs is 1. The summed E-state index contributed by atoms with van der Waals surface area (Å²) in [6.07, 6.45) is 3.95. The lowest BCUT2D eigenvalue weighted by Gasteiger charge is -2.09. The Kier molecular flexibility index (Phi) is 6.74. The lowest BCUT2D eigenvalue weighted by Crippen LogP contribution is -2.19. The van der Waals surface area contributed by atoms with Crippen LogP contribution in [-0.2, 0) is 17.8 Å². The molecule has 1 N–H and O–H groups in total. The van der Waals surface area contributed by atoms with Crippen LogP contribution >= 0.6 is 0 Å². The van der Waals surface area contributed by atoms with E-state index in [-0.39, 0.29) is 12.3 Å². The molecule has 0 aliphatic rings. The standard InChI is InChI=1S/C27H27N3O3/c1-19-8-10-20(11-9-19)17-30-18-22(23-6-4-5-7-24(23)30)16-28-29-27(31)15-21-12-13-25(32-2)26(14-21)33-3/h4-14,16,18H,15,17H2,1-3H3,(H,29,31)/b28-16+. The van der Waals surface area contributed by atoms with Gasteiger partial charge < -0.3 is 14.0 Å². The summed E-state index contributed by atoms with van der Waals surface area (Å²) < 4.78 is 12.7. The minimum atomic E-state index is -0.207. The number of carbonyl (C=O) groups is 1. The van der Waals surface area contributed by atoms with E-state index in [0.717, 1.165) is 28.6 Å². The van der Waals surface area contributed by atoms with Gasteiger partial charge in [0.2, 0.25) is 5.91 Å². The fourth-order valence-electron chi connectivity index (χ4n) is 3.79. The first-order valence-corrected chi connectivity index (χ1v) is 10.7. The van der Waals surface area contributed by atoms with Gasteiger partial charge in [0.1, 0.15) is 0 Å². The summed E-state index contributed by atoms with van der Waals surface area (Å²) in [5, 5.41) is 5.29. The van der Waals surface area contributed by atoms with Crippen LogP contribution in [0.1, 0.15) is 22.3 Å². The second-order valence-electron chi connectivity index (χ2n) is 7.87. The van der Waals surface area contributed by atoms with Crippen molar-refractivity contribution in [2.24, 2.45) is 5.10 Å². The molecule has 0 unspecified atom stereocenters. The second kappa shape index (κ2) is 10.0. The van der Waals surface area contributed by atoms with E-state index in [1.807, 2.05) is 18.2 Å². The van der Waals surface area contributed by atoms with E-state index in [9.17, 15) is 4.79 Å². The van der Waals surface area contributed by atoms with Crippen molar-refractivity contribution in [3.05, 3.63) is 95.2 Å². The van der Waals surface area contributed by atoms with Gasteiger partial charge in [-0.3, -0.25) is 4.79 Å². The lowest BCUT2D eigenvalue weighted by molar-refractivity contribution is -0.120. The van der Waals surface area contributed by atoms with E-state index in [2.05, 4.69) is 64.6 Å². The molecule has 4 rings (SSSR count). The number of nitrogens with one attached hydrogen (secondary N) is 1. The maximum absolute atomic E-state index is 12.4. The Morgan fingerprint density at radius 3 is 2.45 bits per heavy atom. The number of rotatable bonds is 8. The highest BCUT2D eigenvalue weighted by Gasteiger charge is 2.09. The van der Waals surface area contributed by atoms with Crippen LogP contribution in [0.5, 0.6) is 11.5 Å². The van der Waals surface area contributed by atoms with E-state index < -0.39 is 0 Å². The molecule has 33 heavy (non-hydrogen) atoms. The average molecular weight is 442 g/mol. The maximum atomic E-state index is 12.4. The number of aromatic nitrogens is 1. The number of hydrazone groups is 1. The fraction of sp³-hybridized carbons (Fsp3) is 0.185. The SMILES string of the molecule is COc1ccc(CC(=O)N/N=C/c2cn(Cc3ccc(C)cc3)c3ccccc23)cc1OC. The quantitative estimate of drug-likeness (QED) is 0.318. The number of aryl methyl sites for hydroxylation is 1. The number of para-hydroxylation sites is 1. The summed E-state index contributed by atoms with van der Waals surface area (Å²) in [6.45, 7) is 2.85. The summed E-state index contributed by atoms with van der Waals surface area (Å²) in [5.74, 6) is 1.01. The van der Waals surface area contributed by atoms with Crippen molar-refractivity contribution in [1.29, 1.82) is 0 Å². The molecular formula is C27H27N3O3. The summed E-state index contributed by atoms with van der Waals surface area (Å²) in [7, 11) is 3.15. The highest BCUT2D eigenvalue weighted by atomic mass is 16.5. The molecule has 168 valence electrons. The third-order valence-electron chi connectivity index (χ3n) is 5.50. The van der Waals surface area contributed by atoms with Crippen molar-refractivity contribution in [2.45, 2.75) is 19.9 Å². The molecule has 4 aromatic rings. The topological polar surface area (TPSA) is 64.8 Å². The van der Waals surface area contributed by atoms with Crippen molar-refractivity contribution in [1.82, 2.24) is 9.99 Å². The van der Waals surface area contributed by atoms with E-state index in [1.54, 1.807) is 32.6 Å². The highest BCUT2D eigenvalue weighted by Crippen LogP contribution is 2.27. The number of hydrogen-bond donors (Lipinski definition) is 1. The normalized spacial score (nSPS) is 11.1. The van der Waals surface area contributed by atoms with E-state index in [1.165, 1.54) is 11.1 Å². The third-order valence-corrected chi connectivity index (χ3v) is 5.50. The van der Waals surface area contributed by atoms with Crippen LogP contribution < -0.4 is 14.9 Å². The molecule has 1 amide bonds. The van der Waals surface area contributed by atoms with Crippen molar-refractivity contribution >= 4 is 23.0 Å². The number of ether oxygens (including phenoxy) is 2. The summed E-state index contributed by atoms with van der Waals surface area (Å²) in [5.41, 5.74) is 7.98. The van der Waals surface area contributed by atoms with Crippen LogP contribution in [0.15, 0.2) is 78.0 Å². The van der Waals surface area contributed by atoms with Gasteiger partial charge in [0.05, 0.1) is 26.9 Å². The zero-order valence-electron chi connectivity index (χ0n) is 19.0. The number of methoxy groups -OCH3 is 2. The summed E-state index contributed by atoms with van der Waals surface area (Å²) in [4.78, 5) is 12.4. The molecule has 1 aromatic heterocycles. The maximum Gasteiger partial charge on any atom is 0.244 e. The van der Waals surface area contributed by atoms with Crippen molar-refractivity contribution < 1.29 is 14.3 Å². The molecule has 6 heteroatoms. The Bertz CT molecular complexity index is 1290. The van der Waals surface area contributed by atoms with Crippen molar-refractivity contribution in [3.63, 3.8) is 0 Å². The molecule has 0 fully saturated rings. The predicted octanol–water partition coefficient (Wildman–Crippen LogP) is 4.71. The van der Waals surface area contributed by atoms with Crippen molar-refractivity contribution in [2.75, 3.05) is 14.2 Å². The molecular weight excluding hydrogens is 414 g/mol. The van der Waals surface area contributed by atoms with Crippen molar-refractivity contribution in [3.8, 4) is 11.5 Å². The molecule has 0 bridgehead atoms. The third kappa shape index (κ3) is 5.23. The minimum Gasteiger partial charge on any atom is -0.493 e. The first-order chi connectivity index (χ1) is 16.1. The van der Waals surface area contributed by atoms with Gasteiger partial charge in [-0.2, -0.15) is 5.10 Å². The molecule has 0 radical (unpaired) electrons. The van der Waals surface area contributed by atoms with Gasteiger partial charge in [-0.25, -0.2) is 5.43 Å². The summed E-state index contributed by atoms with van der Waals surface area (Å²) >= 11 is 0. The molecule has 0 aliphatic heterocycles. The largest absolute Gasteiger partial charge is 0.493 e. The lowest BCUT2D eigenvalue weighted by atomic mass is 10.1. The molecule has 0 atom stereocenters. The highest BCUT2D eigenvalue weighted by molar-refractivity contribution is 5.99. The van der Waals surface area contributed by atoms with Gasteiger partial charge in [-0.15, -0.1) is 0 Å². The van der Waals surface area contributed by atoms with Gasteiger partial charge in [0.15, 0.2) is 11.5 Å². The van der Waals surface area contributed by atoms with Crippen LogP contribution in [0.25, 0.3) is 10.9 Å². The zero-order chi connectivity index (χ0) is 23.2. The van der Waals surface area contributed by atoms with Crippen LogP contribution in [-0.4, -0.2) is 30.9 Å². The second-order valence-corrected chi connectivity index (χ2v) is 7.87. The molecule has 0 saturated heterocycles. The van der Waals surface area contributed by atoms with Crippen LogP contribution in [0.2, 0.25) is 0 Å². The Balaban J connectivity index is 1.47. The number of hydrogen-bond acceptors (Lipinski definition) is 4. The predicted molar refractivity (Wildman–Crippen MR) is 131 cm³/mol. The van der Waals surface area contributed by atoms with Gasteiger partial charge in [0.25, 0.3) is 0 Å². The first kappa shape index (κ1) is 22.1. The minimum absolute atomic E-state index is 0.187. The van der Waals surface area contributed by atoms with Gasteiger partial charge in [-0.1, -0.05) is 54.1 Å². The van der Waals surface area contributed by atoms with Crippen LogP contribution in [0.3, 0.4) is 0 Å². The number of carbonyl (C=O) groups excluding carboxylic acids is 1. The van der Waals surface area contributed by atoms with Crippen LogP contribution in [0.4, 0.5) is 0 Å². The monoisotopic (exact) mass is 441 g/mol. The number of nitrogens with zero attached hydrogens (tertiary/aromatic N) is 2. The zero-order valence-corrected chi connectivity index (χ0v) is 19.0. The fourth-order valence-corrected chi connectivity index (χ4v) is 3.79. The van der Waals surface area contributed by atoms with Gasteiger partial charge in [-0.05, 0) is 36.2 Å². The Hall–Kier alpha value is -4.06. The Labute approximate surface area is 193 Å². The molecule has 6 nitrogen and oxygen atoms in total. The molecule has 3 aromatic carbocycles. The number of amides is 1. The molecule has 0 saturated carbocycles. The molecule has 0 spiro atoms. The van der Waals surface area contributed by atoms with Crippen LogP contribution in [0, 0.1) is 6.92 Å². The summed E-state index contributed by atoms with van der Waals surface area (Å²) in [6, 6.07) is 22.1. The van der Waals surface area contributed by atoms with Gasteiger partial charge >= 0.3 is 0 Å². The Morgan fingerprint density at radius 2 is 1.70 bits per heavy atom. The van der Waals surface area contributed by atoms with E-state index in [4.69, 9.17) is 9.47 Å². The smallest absolute Gasteiger partial charge is 0.244 e. The number of benzene rings is 3. The van der Waals surface area contributed by atoms with E-state index >= 15 is 0 Å². The average Bonchev–Trinajstić information content (AvgIpc) is 3.18. The first-order valence-electron chi connectivity index (χ1n) is 10.7. The van der Waals surface area contributed by atoms with Gasteiger partial charge in [0, 0.05) is 29.2 Å². The Morgan fingerprint density at radius 1 is 0.970 bits per heavy atom. The molecule has 0 aliphatic carbocycles. The molecule has 1 heterocycles. The van der Waals surface area contributed by atoms with E-state index in [0.29, 0.717) is 11.5 Å².